The van der Waals surface area contributed by atoms with E-state index < -0.39 is 6.03 Å². The summed E-state index contributed by atoms with van der Waals surface area (Å²) in [6.45, 7) is 0. The zero-order chi connectivity index (χ0) is 7.40. The molecule has 0 heterocycles. The molecule has 0 aromatic rings. The van der Waals surface area contributed by atoms with Crippen molar-refractivity contribution in [3.05, 3.63) is 0 Å². The van der Waals surface area contributed by atoms with Crippen LogP contribution in [0.2, 0.25) is 0 Å². The summed E-state index contributed by atoms with van der Waals surface area (Å²) in [6, 6.07) is -0.228. The van der Waals surface area contributed by atoms with Crippen LogP contribution in [-0.2, 0) is 0 Å². The Morgan fingerprint density at radius 2 is 2.10 bits per heavy atom. The number of carbonyl (C=O) groups is 1. The number of urea groups is 1. The highest BCUT2D eigenvalue weighted by Gasteiger charge is 2.16. The molecule has 0 aromatic heterocycles. The Labute approximate surface area is 59.5 Å². The summed E-state index contributed by atoms with van der Waals surface area (Å²) in [5.41, 5.74) is 6.39. The Bertz CT molecular complexity index is 140. The van der Waals surface area contributed by atoms with Crippen LogP contribution in [0.1, 0.15) is 25.7 Å². The standard InChI is InChI=1S/C6H11N3O/c7-9-6(10)8-5-3-1-2-4-5/h5,7H,1-4H2,(H,8,10). The van der Waals surface area contributed by atoms with Crippen molar-refractivity contribution in [2.45, 2.75) is 31.7 Å². The summed E-state index contributed by atoms with van der Waals surface area (Å²) < 4.78 is 0. The molecule has 0 aliphatic heterocycles. The first-order chi connectivity index (χ1) is 4.83. The van der Waals surface area contributed by atoms with Crippen LogP contribution in [0.5, 0.6) is 0 Å². The second kappa shape index (κ2) is 3.29. The molecule has 1 fully saturated rings. The fraction of sp³-hybridized carbons (Fsp3) is 0.833. The molecule has 4 nitrogen and oxygen atoms in total. The Balaban J connectivity index is 2.23. The fourth-order valence-electron chi connectivity index (χ4n) is 1.28. The molecule has 0 bridgehead atoms. The first kappa shape index (κ1) is 7.18. The topological polar surface area (TPSA) is 65.3 Å². The summed E-state index contributed by atoms with van der Waals surface area (Å²) in [6.07, 6.45) is 4.45. The molecule has 4 heteroatoms. The van der Waals surface area contributed by atoms with Gasteiger partial charge in [-0.25, -0.2) is 4.79 Å². The van der Waals surface area contributed by atoms with Crippen molar-refractivity contribution in [2.75, 3.05) is 0 Å². The lowest BCUT2D eigenvalue weighted by Crippen LogP contribution is -2.29. The molecule has 0 saturated heterocycles. The molecule has 0 radical (unpaired) electrons. The van der Waals surface area contributed by atoms with Crippen molar-refractivity contribution in [1.82, 2.24) is 5.32 Å². The second-order valence-electron chi connectivity index (χ2n) is 2.54. The van der Waals surface area contributed by atoms with Crippen LogP contribution in [-0.4, -0.2) is 12.1 Å². The van der Waals surface area contributed by atoms with Gasteiger partial charge in [-0.1, -0.05) is 18.0 Å². The highest BCUT2D eigenvalue weighted by molar-refractivity contribution is 5.74. The van der Waals surface area contributed by atoms with E-state index in [-0.39, 0.29) is 6.04 Å². The lowest BCUT2D eigenvalue weighted by Gasteiger charge is -2.06. The van der Waals surface area contributed by atoms with Crippen molar-refractivity contribution in [3.63, 3.8) is 0 Å². The third-order valence-corrected chi connectivity index (χ3v) is 1.78. The van der Waals surface area contributed by atoms with Gasteiger partial charge < -0.3 is 5.32 Å². The SMILES string of the molecule is N=NC(=O)NC1CCCC1. The molecule has 2 N–H and O–H groups in total. The van der Waals surface area contributed by atoms with Crippen molar-refractivity contribution < 1.29 is 4.79 Å². The number of nitrogens with one attached hydrogen (secondary N) is 2. The Kier molecular flexibility index (Phi) is 2.36. The van der Waals surface area contributed by atoms with E-state index in [1.54, 1.807) is 0 Å². The number of amides is 2. The molecule has 0 unspecified atom stereocenters. The lowest BCUT2D eigenvalue weighted by atomic mass is 10.3. The summed E-state index contributed by atoms with van der Waals surface area (Å²) in [5, 5.41) is 5.39. The third kappa shape index (κ3) is 1.79. The van der Waals surface area contributed by atoms with Crippen LogP contribution in [0.25, 0.3) is 0 Å². The minimum Gasteiger partial charge on any atom is -0.332 e. The molecule has 56 valence electrons. The minimum absolute atomic E-state index is 0.279. The van der Waals surface area contributed by atoms with Gasteiger partial charge in [0.1, 0.15) is 0 Å². The highest BCUT2D eigenvalue weighted by atomic mass is 16.2. The summed E-state index contributed by atoms with van der Waals surface area (Å²) in [4.78, 5) is 10.5. The van der Waals surface area contributed by atoms with Crippen LogP contribution >= 0.6 is 0 Å². The van der Waals surface area contributed by atoms with E-state index in [4.69, 9.17) is 5.53 Å². The fourth-order valence-corrected chi connectivity index (χ4v) is 1.28. The quantitative estimate of drug-likeness (QED) is 0.536. The van der Waals surface area contributed by atoms with Gasteiger partial charge in [0, 0.05) is 6.04 Å². The van der Waals surface area contributed by atoms with E-state index in [1.165, 1.54) is 12.8 Å². The Morgan fingerprint density at radius 3 is 2.60 bits per heavy atom. The largest absolute Gasteiger partial charge is 0.359 e. The molecular formula is C6H11N3O. The van der Waals surface area contributed by atoms with Crippen LogP contribution in [0, 0.1) is 5.53 Å². The Hall–Kier alpha value is -0.930. The summed E-state index contributed by atoms with van der Waals surface area (Å²) in [7, 11) is 0. The Morgan fingerprint density at radius 1 is 1.50 bits per heavy atom. The number of nitrogens with zero attached hydrogens (tertiary/aromatic N) is 1. The molecule has 1 rings (SSSR count). The average Bonchev–Trinajstić information content (AvgIpc) is 2.40. The predicted molar refractivity (Wildman–Crippen MR) is 35.9 cm³/mol. The highest BCUT2D eigenvalue weighted by Crippen LogP contribution is 2.17. The summed E-state index contributed by atoms with van der Waals surface area (Å²) >= 11 is 0. The molecule has 0 spiro atoms. The maximum atomic E-state index is 10.5. The van der Waals surface area contributed by atoms with E-state index in [9.17, 15) is 4.79 Å². The van der Waals surface area contributed by atoms with Gasteiger partial charge in [-0.2, -0.15) is 5.53 Å². The van der Waals surface area contributed by atoms with Gasteiger partial charge in [-0.3, -0.25) is 0 Å². The molecule has 1 aliphatic rings. The van der Waals surface area contributed by atoms with Gasteiger partial charge in [-0.15, -0.1) is 0 Å². The van der Waals surface area contributed by atoms with E-state index in [2.05, 4.69) is 10.4 Å². The summed E-state index contributed by atoms with van der Waals surface area (Å²) in [5.74, 6) is 0. The molecule has 2 amide bonds. The molecule has 1 saturated carbocycles. The molecular weight excluding hydrogens is 130 g/mol. The van der Waals surface area contributed by atoms with Gasteiger partial charge in [0.2, 0.25) is 0 Å². The molecule has 10 heavy (non-hydrogen) atoms. The second-order valence-corrected chi connectivity index (χ2v) is 2.54. The van der Waals surface area contributed by atoms with Gasteiger partial charge in [0.05, 0.1) is 0 Å². The van der Waals surface area contributed by atoms with E-state index in [0.717, 1.165) is 12.8 Å². The van der Waals surface area contributed by atoms with E-state index in [0.29, 0.717) is 0 Å². The number of hydrogen-bond donors (Lipinski definition) is 2. The van der Waals surface area contributed by atoms with Crippen molar-refractivity contribution in [3.8, 4) is 0 Å². The van der Waals surface area contributed by atoms with Gasteiger partial charge in [-0.05, 0) is 12.8 Å². The van der Waals surface area contributed by atoms with Gasteiger partial charge in [0.15, 0.2) is 0 Å². The van der Waals surface area contributed by atoms with Crippen LogP contribution < -0.4 is 5.32 Å². The van der Waals surface area contributed by atoms with E-state index in [1.807, 2.05) is 0 Å². The molecule has 0 atom stereocenters. The smallest absolute Gasteiger partial charge is 0.332 e. The number of hydrogen-bond acceptors (Lipinski definition) is 2. The maximum Gasteiger partial charge on any atom is 0.359 e. The van der Waals surface area contributed by atoms with Gasteiger partial charge >= 0.3 is 6.03 Å². The molecule has 1 aliphatic carbocycles. The zero-order valence-electron chi connectivity index (χ0n) is 5.76. The zero-order valence-corrected chi connectivity index (χ0v) is 5.76. The maximum absolute atomic E-state index is 10.5. The number of rotatable bonds is 1. The van der Waals surface area contributed by atoms with E-state index >= 15 is 0 Å². The molecule has 0 aromatic carbocycles. The normalized spacial score (nSPS) is 18.8. The third-order valence-electron chi connectivity index (χ3n) is 1.78. The predicted octanol–water partition coefficient (Wildman–Crippen LogP) is 1.67. The first-order valence-corrected chi connectivity index (χ1v) is 3.51. The first-order valence-electron chi connectivity index (χ1n) is 3.51. The lowest BCUT2D eigenvalue weighted by molar-refractivity contribution is 0.243. The van der Waals surface area contributed by atoms with Crippen molar-refractivity contribution in [2.24, 2.45) is 5.11 Å². The van der Waals surface area contributed by atoms with Crippen molar-refractivity contribution in [1.29, 1.82) is 5.53 Å². The number of carbonyl (C=O) groups excluding carboxylic acids is 1. The minimum atomic E-state index is -0.508. The monoisotopic (exact) mass is 141 g/mol. The van der Waals surface area contributed by atoms with Crippen LogP contribution in [0.15, 0.2) is 5.11 Å². The van der Waals surface area contributed by atoms with Crippen LogP contribution in [0.3, 0.4) is 0 Å². The van der Waals surface area contributed by atoms with Crippen LogP contribution in [0.4, 0.5) is 4.79 Å². The average molecular weight is 141 g/mol. The van der Waals surface area contributed by atoms with Gasteiger partial charge in [0.25, 0.3) is 0 Å². The van der Waals surface area contributed by atoms with Crippen molar-refractivity contribution >= 4 is 6.03 Å².